The van der Waals surface area contributed by atoms with Gasteiger partial charge in [-0.3, -0.25) is 0 Å². The van der Waals surface area contributed by atoms with E-state index in [4.69, 9.17) is 9.47 Å². The summed E-state index contributed by atoms with van der Waals surface area (Å²) < 4.78 is 11.0. The molecule has 2 atom stereocenters. The molecular weight excluding hydrogens is 282 g/mol. The topological polar surface area (TPSA) is 30.5 Å². The molecule has 0 aromatic heterocycles. The van der Waals surface area contributed by atoms with Crippen molar-refractivity contribution in [3.63, 3.8) is 0 Å². The van der Waals surface area contributed by atoms with Crippen LogP contribution in [-0.2, 0) is 6.54 Å². The molecule has 1 saturated carbocycles. The minimum Gasteiger partial charge on any atom is -0.493 e. The van der Waals surface area contributed by atoms with Crippen molar-refractivity contribution < 1.29 is 9.47 Å². The predicted octanol–water partition coefficient (Wildman–Crippen LogP) is 3.86. The smallest absolute Gasteiger partial charge is 0.161 e. The highest BCUT2D eigenvalue weighted by atomic mass is 32.2. The molecule has 1 aliphatic rings. The Morgan fingerprint density at radius 2 is 2.10 bits per heavy atom. The lowest BCUT2D eigenvalue weighted by atomic mass is 10.1. The molecule has 0 heterocycles. The fourth-order valence-electron chi connectivity index (χ4n) is 2.92. The van der Waals surface area contributed by atoms with E-state index in [1.165, 1.54) is 30.6 Å². The molecule has 2 unspecified atom stereocenters. The van der Waals surface area contributed by atoms with E-state index in [1.807, 2.05) is 13.0 Å². The Morgan fingerprint density at radius 3 is 2.81 bits per heavy atom. The number of ether oxygens (including phenoxy) is 2. The Bertz CT molecular complexity index is 439. The minimum atomic E-state index is 0.646. The Balaban J connectivity index is 1.94. The lowest BCUT2D eigenvalue weighted by molar-refractivity contribution is 0.310. The van der Waals surface area contributed by atoms with Gasteiger partial charge in [0.15, 0.2) is 11.5 Å². The summed E-state index contributed by atoms with van der Waals surface area (Å²) in [6, 6.07) is 6.85. The minimum absolute atomic E-state index is 0.646. The molecule has 1 fully saturated rings. The molecule has 0 aliphatic heterocycles. The maximum atomic E-state index is 5.64. The second kappa shape index (κ2) is 8.54. The molecule has 0 radical (unpaired) electrons. The number of benzene rings is 1. The van der Waals surface area contributed by atoms with Gasteiger partial charge < -0.3 is 14.8 Å². The van der Waals surface area contributed by atoms with Crippen LogP contribution in [0.5, 0.6) is 11.5 Å². The molecule has 118 valence electrons. The molecule has 1 N–H and O–H groups in total. The van der Waals surface area contributed by atoms with E-state index < -0.39 is 0 Å². The summed E-state index contributed by atoms with van der Waals surface area (Å²) in [4.78, 5) is 0. The molecule has 3 nitrogen and oxygen atoms in total. The number of hydrogen-bond acceptors (Lipinski definition) is 4. The third-order valence-electron chi connectivity index (χ3n) is 3.93. The highest BCUT2D eigenvalue weighted by Gasteiger charge is 2.26. The molecule has 1 aromatic rings. The van der Waals surface area contributed by atoms with E-state index in [0.717, 1.165) is 23.3 Å². The molecule has 0 bridgehead atoms. The van der Waals surface area contributed by atoms with Gasteiger partial charge in [0.1, 0.15) is 0 Å². The predicted molar refractivity (Wildman–Crippen MR) is 90.6 cm³/mol. The van der Waals surface area contributed by atoms with Gasteiger partial charge in [-0.15, -0.1) is 0 Å². The first-order valence-electron chi connectivity index (χ1n) is 7.93. The summed E-state index contributed by atoms with van der Waals surface area (Å²) in [7, 11) is 1.68. The highest BCUT2D eigenvalue weighted by molar-refractivity contribution is 7.99. The molecule has 0 spiro atoms. The van der Waals surface area contributed by atoms with Crippen LogP contribution < -0.4 is 14.8 Å². The summed E-state index contributed by atoms with van der Waals surface area (Å²) in [6.45, 7) is 5.80. The van der Waals surface area contributed by atoms with Gasteiger partial charge in [-0.2, -0.15) is 11.8 Å². The fraction of sp³-hybridized carbons (Fsp3) is 0.647. The number of rotatable bonds is 8. The van der Waals surface area contributed by atoms with Crippen molar-refractivity contribution in [2.45, 2.75) is 50.9 Å². The van der Waals surface area contributed by atoms with Crippen molar-refractivity contribution in [3.05, 3.63) is 23.8 Å². The molecule has 0 saturated heterocycles. The highest BCUT2D eigenvalue weighted by Crippen LogP contribution is 2.31. The van der Waals surface area contributed by atoms with E-state index in [2.05, 4.69) is 36.1 Å². The zero-order valence-corrected chi connectivity index (χ0v) is 14.2. The van der Waals surface area contributed by atoms with Crippen LogP contribution >= 0.6 is 11.8 Å². The van der Waals surface area contributed by atoms with Crippen molar-refractivity contribution in [3.8, 4) is 11.5 Å². The summed E-state index contributed by atoms with van der Waals surface area (Å²) in [5.41, 5.74) is 1.26. The standard InChI is InChI=1S/C17H27NO2S/c1-4-20-16-11-13(9-10-15(16)19-3)12-18-14-7-6-8-17(14)21-5-2/h9-11,14,17-18H,4-8,12H2,1-3H3. The summed E-state index contributed by atoms with van der Waals surface area (Å²) >= 11 is 2.09. The Morgan fingerprint density at radius 1 is 1.24 bits per heavy atom. The normalized spacial score (nSPS) is 21.5. The van der Waals surface area contributed by atoms with Gasteiger partial charge in [0.25, 0.3) is 0 Å². The number of hydrogen-bond donors (Lipinski definition) is 1. The average molecular weight is 309 g/mol. The van der Waals surface area contributed by atoms with Crippen molar-refractivity contribution in [1.82, 2.24) is 5.32 Å². The monoisotopic (exact) mass is 309 g/mol. The lowest BCUT2D eigenvalue weighted by Crippen LogP contribution is -2.33. The van der Waals surface area contributed by atoms with E-state index in [1.54, 1.807) is 7.11 Å². The van der Waals surface area contributed by atoms with Gasteiger partial charge in [0, 0.05) is 17.8 Å². The first-order valence-corrected chi connectivity index (χ1v) is 8.98. The second-order valence-electron chi connectivity index (χ2n) is 5.33. The largest absolute Gasteiger partial charge is 0.493 e. The van der Waals surface area contributed by atoms with E-state index in [0.29, 0.717) is 12.6 Å². The fourth-order valence-corrected chi connectivity index (χ4v) is 4.15. The van der Waals surface area contributed by atoms with Gasteiger partial charge in [-0.05, 0) is 43.2 Å². The van der Waals surface area contributed by atoms with Gasteiger partial charge >= 0.3 is 0 Å². The maximum absolute atomic E-state index is 5.64. The molecular formula is C17H27NO2S. The molecule has 21 heavy (non-hydrogen) atoms. The molecule has 1 aromatic carbocycles. The Labute approximate surface area is 132 Å². The molecule has 2 rings (SSSR count). The van der Waals surface area contributed by atoms with Crippen LogP contribution in [0.15, 0.2) is 18.2 Å². The number of thioether (sulfide) groups is 1. The van der Waals surface area contributed by atoms with Crippen LogP contribution in [0.2, 0.25) is 0 Å². The van der Waals surface area contributed by atoms with E-state index in [9.17, 15) is 0 Å². The lowest BCUT2D eigenvalue weighted by Gasteiger charge is -2.20. The summed E-state index contributed by atoms with van der Waals surface area (Å²) in [5.74, 6) is 2.85. The van der Waals surface area contributed by atoms with Gasteiger partial charge in [0.05, 0.1) is 13.7 Å². The maximum Gasteiger partial charge on any atom is 0.161 e. The van der Waals surface area contributed by atoms with Gasteiger partial charge in [0.2, 0.25) is 0 Å². The van der Waals surface area contributed by atoms with Crippen LogP contribution in [0, 0.1) is 0 Å². The van der Waals surface area contributed by atoms with Crippen molar-refractivity contribution in [1.29, 1.82) is 0 Å². The first kappa shape index (κ1) is 16.5. The van der Waals surface area contributed by atoms with E-state index >= 15 is 0 Å². The van der Waals surface area contributed by atoms with Crippen molar-refractivity contribution in [2.24, 2.45) is 0 Å². The van der Waals surface area contributed by atoms with Gasteiger partial charge in [-0.1, -0.05) is 19.4 Å². The number of methoxy groups -OCH3 is 1. The third-order valence-corrected chi connectivity index (χ3v) is 5.26. The van der Waals surface area contributed by atoms with Crippen LogP contribution in [-0.4, -0.2) is 30.8 Å². The summed E-state index contributed by atoms with van der Waals surface area (Å²) in [5, 5.41) is 4.50. The average Bonchev–Trinajstić information content (AvgIpc) is 2.93. The third kappa shape index (κ3) is 4.55. The summed E-state index contributed by atoms with van der Waals surface area (Å²) in [6.07, 6.45) is 4.00. The molecule has 4 heteroatoms. The first-order chi connectivity index (χ1) is 10.3. The Kier molecular flexibility index (Phi) is 6.71. The zero-order chi connectivity index (χ0) is 15.1. The zero-order valence-electron chi connectivity index (χ0n) is 13.4. The molecule has 1 aliphatic carbocycles. The number of nitrogens with one attached hydrogen (secondary N) is 1. The van der Waals surface area contributed by atoms with Crippen LogP contribution in [0.4, 0.5) is 0 Å². The van der Waals surface area contributed by atoms with Gasteiger partial charge in [-0.25, -0.2) is 0 Å². The van der Waals surface area contributed by atoms with Crippen molar-refractivity contribution in [2.75, 3.05) is 19.5 Å². The quantitative estimate of drug-likeness (QED) is 0.790. The van der Waals surface area contributed by atoms with Crippen molar-refractivity contribution >= 4 is 11.8 Å². The SMILES string of the molecule is CCOc1cc(CNC2CCCC2SCC)ccc1OC. The van der Waals surface area contributed by atoms with Crippen LogP contribution in [0.25, 0.3) is 0 Å². The van der Waals surface area contributed by atoms with E-state index in [-0.39, 0.29) is 0 Å². The van der Waals surface area contributed by atoms with Crippen LogP contribution in [0.1, 0.15) is 38.7 Å². The molecule has 0 amide bonds. The Hall–Kier alpha value is -0.870. The second-order valence-corrected chi connectivity index (χ2v) is 6.85. The van der Waals surface area contributed by atoms with Crippen LogP contribution in [0.3, 0.4) is 0 Å².